The van der Waals surface area contributed by atoms with Crippen LogP contribution >= 0.6 is 15.9 Å². The Labute approximate surface area is 200 Å². The minimum absolute atomic E-state index is 0.0451. The van der Waals surface area contributed by atoms with E-state index in [-0.39, 0.29) is 22.8 Å². The van der Waals surface area contributed by atoms with E-state index in [0.29, 0.717) is 19.0 Å². The topological polar surface area (TPSA) is 54.5 Å². The SMILES string of the molecule is CC(C)(C1CCN(C2(c3ccc(Br)cc3)CC2)C(=O)C1)S(=O)(=O)c1cccc(C(F)(F)F)c1. The van der Waals surface area contributed by atoms with Crippen LogP contribution in [0.15, 0.2) is 57.9 Å². The Morgan fingerprint density at radius 1 is 1.06 bits per heavy atom. The molecule has 1 aliphatic heterocycles. The molecule has 9 heteroatoms. The lowest BCUT2D eigenvalue weighted by Crippen LogP contribution is -2.51. The average Bonchev–Trinajstić information content (AvgIpc) is 3.55. The van der Waals surface area contributed by atoms with Crippen molar-refractivity contribution in [3.8, 4) is 0 Å². The molecule has 4 rings (SSSR count). The van der Waals surface area contributed by atoms with Crippen molar-refractivity contribution < 1.29 is 26.4 Å². The van der Waals surface area contributed by atoms with Gasteiger partial charge in [0.15, 0.2) is 9.84 Å². The number of amides is 1. The van der Waals surface area contributed by atoms with Gasteiger partial charge in [0, 0.05) is 17.4 Å². The molecule has 1 atom stereocenters. The zero-order chi connectivity index (χ0) is 24.2. The third-order valence-electron chi connectivity index (χ3n) is 7.19. The monoisotopic (exact) mass is 543 g/mol. The van der Waals surface area contributed by atoms with Crippen LogP contribution in [-0.4, -0.2) is 30.5 Å². The third kappa shape index (κ3) is 4.22. The maximum atomic E-state index is 13.4. The van der Waals surface area contributed by atoms with Crippen LogP contribution in [-0.2, 0) is 26.3 Å². The molecule has 0 aromatic heterocycles. The molecule has 1 amide bonds. The first-order valence-electron chi connectivity index (χ1n) is 10.8. The molecule has 178 valence electrons. The number of sulfone groups is 1. The molecule has 2 aromatic rings. The largest absolute Gasteiger partial charge is 0.416 e. The number of carbonyl (C=O) groups is 1. The van der Waals surface area contributed by atoms with Gasteiger partial charge in [-0.05, 0) is 74.9 Å². The molecule has 1 unspecified atom stereocenters. The Morgan fingerprint density at radius 3 is 2.24 bits per heavy atom. The molecule has 2 aliphatic rings. The second-order valence-electron chi connectivity index (χ2n) is 9.41. The summed E-state index contributed by atoms with van der Waals surface area (Å²) in [6.45, 7) is 3.44. The first-order valence-corrected chi connectivity index (χ1v) is 13.0. The maximum absolute atomic E-state index is 13.4. The quantitative estimate of drug-likeness (QED) is 0.468. The van der Waals surface area contributed by atoms with Crippen LogP contribution in [0, 0.1) is 5.92 Å². The summed E-state index contributed by atoms with van der Waals surface area (Å²) >= 11 is 3.42. The van der Waals surface area contributed by atoms with Gasteiger partial charge in [0.05, 0.1) is 20.7 Å². The molecular weight excluding hydrogens is 519 g/mol. The molecule has 1 heterocycles. The van der Waals surface area contributed by atoms with E-state index in [9.17, 15) is 26.4 Å². The predicted molar refractivity (Wildman–Crippen MR) is 122 cm³/mol. The number of rotatable bonds is 5. The molecule has 1 saturated carbocycles. The minimum atomic E-state index is -4.64. The molecule has 0 spiro atoms. The Balaban J connectivity index is 1.56. The molecule has 4 nitrogen and oxygen atoms in total. The first-order chi connectivity index (χ1) is 15.3. The summed E-state index contributed by atoms with van der Waals surface area (Å²) in [6, 6.07) is 11.7. The minimum Gasteiger partial charge on any atom is -0.333 e. The maximum Gasteiger partial charge on any atom is 0.416 e. The van der Waals surface area contributed by atoms with Crippen molar-refractivity contribution >= 4 is 31.7 Å². The van der Waals surface area contributed by atoms with E-state index in [2.05, 4.69) is 15.9 Å². The molecule has 33 heavy (non-hydrogen) atoms. The van der Waals surface area contributed by atoms with Crippen LogP contribution in [0.3, 0.4) is 0 Å². The summed E-state index contributed by atoms with van der Waals surface area (Å²) in [5, 5.41) is 0. The predicted octanol–water partition coefficient (Wildman–Crippen LogP) is 5.95. The van der Waals surface area contributed by atoms with Crippen molar-refractivity contribution in [2.24, 2.45) is 5.92 Å². The molecule has 1 aliphatic carbocycles. The summed E-state index contributed by atoms with van der Waals surface area (Å²) in [5.41, 5.74) is -0.281. The molecule has 0 bridgehead atoms. The second-order valence-corrected chi connectivity index (χ2v) is 12.9. The number of carbonyl (C=O) groups excluding carboxylic acids is 1. The Morgan fingerprint density at radius 2 is 1.70 bits per heavy atom. The fraction of sp³-hybridized carbons (Fsp3) is 0.458. The lowest BCUT2D eigenvalue weighted by Gasteiger charge is -2.43. The number of hydrogen-bond acceptors (Lipinski definition) is 3. The van der Waals surface area contributed by atoms with Crippen LogP contribution in [0.25, 0.3) is 0 Å². The highest BCUT2D eigenvalue weighted by Gasteiger charge is 2.54. The van der Waals surface area contributed by atoms with E-state index in [0.717, 1.165) is 35.0 Å². The van der Waals surface area contributed by atoms with Crippen molar-refractivity contribution in [1.82, 2.24) is 4.90 Å². The van der Waals surface area contributed by atoms with E-state index in [1.54, 1.807) is 0 Å². The third-order valence-corrected chi connectivity index (χ3v) is 10.3. The number of benzene rings is 2. The number of halogens is 4. The van der Waals surface area contributed by atoms with Crippen molar-refractivity contribution in [2.75, 3.05) is 6.54 Å². The van der Waals surface area contributed by atoms with Crippen LogP contribution < -0.4 is 0 Å². The highest BCUT2D eigenvalue weighted by molar-refractivity contribution is 9.10. The van der Waals surface area contributed by atoms with E-state index in [1.165, 1.54) is 19.9 Å². The molecule has 1 saturated heterocycles. The normalized spacial score (nSPS) is 21.2. The van der Waals surface area contributed by atoms with Gasteiger partial charge < -0.3 is 4.90 Å². The van der Waals surface area contributed by atoms with Crippen LogP contribution in [0.1, 0.15) is 50.7 Å². The van der Waals surface area contributed by atoms with Crippen molar-refractivity contribution in [3.05, 3.63) is 64.1 Å². The number of likely N-dealkylation sites (tertiary alicyclic amines) is 1. The number of alkyl halides is 3. The van der Waals surface area contributed by atoms with E-state index in [4.69, 9.17) is 0 Å². The summed E-state index contributed by atoms with van der Waals surface area (Å²) in [4.78, 5) is 14.7. The standard InChI is InChI=1S/C24H25BrF3NO3S/c1-22(2,33(31,32)20-5-3-4-18(14-20)24(26,27)28)17-10-13-29(21(30)15-17)23(11-12-23)16-6-8-19(25)9-7-16/h3-9,14,17H,10-13,15H2,1-2H3. The zero-order valence-electron chi connectivity index (χ0n) is 18.3. The lowest BCUT2D eigenvalue weighted by atomic mass is 9.84. The van der Waals surface area contributed by atoms with E-state index in [1.807, 2.05) is 29.2 Å². The molecule has 2 aromatic carbocycles. The fourth-order valence-corrected chi connectivity index (χ4v) is 6.89. The van der Waals surface area contributed by atoms with Gasteiger partial charge in [-0.25, -0.2) is 8.42 Å². The van der Waals surface area contributed by atoms with Gasteiger partial charge in [0.2, 0.25) is 5.91 Å². The molecule has 0 radical (unpaired) electrons. The fourth-order valence-electron chi connectivity index (χ4n) is 4.83. The number of hydrogen-bond donors (Lipinski definition) is 0. The van der Waals surface area contributed by atoms with Crippen molar-refractivity contribution in [3.63, 3.8) is 0 Å². The van der Waals surface area contributed by atoms with Gasteiger partial charge in [-0.3, -0.25) is 4.79 Å². The molecule has 2 fully saturated rings. The molecule has 0 N–H and O–H groups in total. The van der Waals surface area contributed by atoms with Gasteiger partial charge in [-0.15, -0.1) is 0 Å². The van der Waals surface area contributed by atoms with Crippen LogP contribution in [0.4, 0.5) is 13.2 Å². The van der Waals surface area contributed by atoms with Crippen molar-refractivity contribution in [1.29, 1.82) is 0 Å². The summed E-state index contributed by atoms with van der Waals surface area (Å²) in [7, 11) is -4.11. The Kier molecular flexibility index (Phi) is 5.97. The molecular formula is C24H25BrF3NO3S. The van der Waals surface area contributed by atoms with E-state index < -0.39 is 32.2 Å². The lowest BCUT2D eigenvalue weighted by molar-refractivity contribution is -0.139. The van der Waals surface area contributed by atoms with Gasteiger partial charge >= 0.3 is 6.18 Å². The zero-order valence-corrected chi connectivity index (χ0v) is 20.7. The van der Waals surface area contributed by atoms with Gasteiger partial charge in [0.25, 0.3) is 0 Å². The van der Waals surface area contributed by atoms with Crippen molar-refractivity contribution in [2.45, 2.75) is 60.9 Å². The van der Waals surface area contributed by atoms with Crippen LogP contribution in [0.5, 0.6) is 0 Å². The summed E-state index contributed by atoms with van der Waals surface area (Å²) < 4.78 is 65.7. The highest BCUT2D eigenvalue weighted by atomic mass is 79.9. The second kappa shape index (κ2) is 8.12. The summed E-state index contributed by atoms with van der Waals surface area (Å²) in [5.74, 6) is -0.611. The smallest absolute Gasteiger partial charge is 0.333 e. The van der Waals surface area contributed by atoms with Crippen LogP contribution in [0.2, 0.25) is 0 Å². The van der Waals surface area contributed by atoms with Gasteiger partial charge in [0.1, 0.15) is 0 Å². The Hall–Kier alpha value is -1.87. The number of piperidine rings is 1. The highest BCUT2D eigenvalue weighted by Crippen LogP contribution is 2.53. The van der Waals surface area contributed by atoms with E-state index >= 15 is 0 Å². The Bertz CT molecular complexity index is 1170. The number of nitrogens with zero attached hydrogens (tertiary/aromatic N) is 1. The van der Waals surface area contributed by atoms with Gasteiger partial charge in [-0.1, -0.05) is 34.1 Å². The summed E-state index contributed by atoms with van der Waals surface area (Å²) in [6.07, 6.45) is -2.41. The first kappa shape index (κ1) is 24.3. The van der Waals surface area contributed by atoms with Gasteiger partial charge in [-0.2, -0.15) is 13.2 Å². The average molecular weight is 544 g/mol.